The molecule has 2 aliphatic rings. The van der Waals surface area contributed by atoms with E-state index < -0.39 is 11.5 Å². The Morgan fingerprint density at radius 1 is 1.20 bits per heavy atom. The van der Waals surface area contributed by atoms with Crippen LogP contribution in [0.15, 0.2) is 34.1 Å². The topological polar surface area (TPSA) is 94.9 Å². The van der Waals surface area contributed by atoms with E-state index >= 15 is 4.39 Å². The molecule has 0 spiro atoms. The lowest BCUT2D eigenvalue weighted by molar-refractivity contribution is 0.0963. The molecule has 2 N–H and O–H groups in total. The molecule has 0 unspecified atom stereocenters. The van der Waals surface area contributed by atoms with Crippen molar-refractivity contribution in [2.75, 3.05) is 43.4 Å². The molecule has 5 rings (SSSR count). The molecule has 9 nitrogen and oxygen atoms in total. The van der Waals surface area contributed by atoms with Gasteiger partial charge >= 0.3 is 5.69 Å². The van der Waals surface area contributed by atoms with Crippen molar-refractivity contribution in [3.8, 4) is 0 Å². The number of rotatable bonds is 5. The number of hydrogen-bond acceptors (Lipinski definition) is 7. The molecule has 10 heteroatoms. The molecule has 35 heavy (non-hydrogen) atoms. The highest BCUT2D eigenvalue weighted by atomic mass is 19.1. The Bertz CT molecular complexity index is 1410. The summed E-state index contributed by atoms with van der Waals surface area (Å²) < 4.78 is 17.0. The Kier molecular flexibility index (Phi) is 5.98. The minimum atomic E-state index is -0.498. The van der Waals surface area contributed by atoms with Crippen LogP contribution in [0.1, 0.15) is 28.4 Å². The number of aryl methyl sites for hydroxylation is 1. The van der Waals surface area contributed by atoms with Crippen molar-refractivity contribution in [2.45, 2.75) is 26.9 Å². The van der Waals surface area contributed by atoms with Crippen LogP contribution in [-0.4, -0.2) is 59.9 Å². The first kappa shape index (κ1) is 23.0. The largest absolute Gasteiger partial charge is 0.369 e. The molecular weight excluding hydrogens is 449 g/mol. The van der Waals surface area contributed by atoms with Crippen LogP contribution in [0, 0.1) is 12.7 Å². The summed E-state index contributed by atoms with van der Waals surface area (Å²) in [7, 11) is 1.62. The molecule has 1 fully saturated rings. The van der Waals surface area contributed by atoms with E-state index in [-0.39, 0.29) is 11.4 Å². The molecule has 2 aliphatic heterocycles. The van der Waals surface area contributed by atoms with Crippen molar-refractivity contribution in [1.82, 2.24) is 19.8 Å². The predicted molar refractivity (Wildman–Crippen MR) is 135 cm³/mol. The van der Waals surface area contributed by atoms with E-state index in [2.05, 4.69) is 30.4 Å². The molecule has 0 bridgehead atoms. The Morgan fingerprint density at radius 3 is 2.66 bits per heavy atom. The minimum absolute atomic E-state index is 0.0667. The van der Waals surface area contributed by atoms with Crippen LogP contribution in [0.3, 0.4) is 0 Å². The van der Waals surface area contributed by atoms with E-state index in [0.29, 0.717) is 41.1 Å². The van der Waals surface area contributed by atoms with E-state index in [4.69, 9.17) is 0 Å². The normalized spacial score (nSPS) is 15.4. The number of piperazine rings is 1. The zero-order chi connectivity index (χ0) is 24.7. The van der Waals surface area contributed by atoms with Gasteiger partial charge in [-0.25, -0.2) is 14.2 Å². The van der Waals surface area contributed by atoms with Gasteiger partial charge in [-0.05, 0) is 43.7 Å². The van der Waals surface area contributed by atoms with Gasteiger partial charge in [0.15, 0.2) is 5.82 Å². The highest BCUT2D eigenvalue weighted by Gasteiger charge is 2.24. The fraction of sp³-hybridized carbons (Fsp3) is 0.360. The Hall–Kier alpha value is -3.79. The third-order valence-electron chi connectivity index (χ3n) is 6.75. The SMILES string of the molecule is CCn1c2c3c(cc(CN4CCN(c5ccc(C(=O)NC)cc5C)CC4)c(F)c3nc1=O)NC=N2. The summed E-state index contributed by atoms with van der Waals surface area (Å²) in [5.74, 6) is -0.127. The smallest absolute Gasteiger partial charge is 0.349 e. The minimum Gasteiger partial charge on any atom is -0.369 e. The number of aromatic nitrogens is 2. The molecule has 3 heterocycles. The number of halogens is 1. The molecule has 3 aromatic rings. The standard InChI is InChI=1S/C25H28FN7O2/c1-4-33-23-20-18(28-14-29-23)12-17(21(26)22(20)30-25(33)35)13-31-7-9-32(10-8-31)19-6-5-16(11-15(19)2)24(34)27-3/h5-6,11-12,14H,4,7-10,13H2,1-3H3,(H,27,34)(H,28,29). The monoisotopic (exact) mass is 477 g/mol. The number of nitrogens with zero attached hydrogens (tertiary/aromatic N) is 5. The van der Waals surface area contributed by atoms with Gasteiger partial charge in [-0.3, -0.25) is 14.3 Å². The van der Waals surface area contributed by atoms with E-state index in [1.165, 1.54) is 10.9 Å². The summed E-state index contributed by atoms with van der Waals surface area (Å²) in [6, 6.07) is 7.53. The Morgan fingerprint density at radius 2 is 1.97 bits per heavy atom. The average molecular weight is 478 g/mol. The molecular formula is C25H28FN7O2. The molecule has 182 valence electrons. The van der Waals surface area contributed by atoms with Crippen molar-refractivity contribution in [1.29, 1.82) is 0 Å². The lowest BCUT2D eigenvalue weighted by atomic mass is 10.1. The van der Waals surface area contributed by atoms with Gasteiger partial charge in [0.25, 0.3) is 5.91 Å². The number of aliphatic imine (C=N–C) groups is 1. The molecule has 2 aromatic carbocycles. The van der Waals surface area contributed by atoms with Gasteiger partial charge in [-0.15, -0.1) is 0 Å². The van der Waals surface area contributed by atoms with Gasteiger partial charge in [-0.1, -0.05) is 0 Å². The van der Waals surface area contributed by atoms with Crippen LogP contribution < -0.4 is 21.2 Å². The van der Waals surface area contributed by atoms with Gasteiger partial charge in [0.2, 0.25) is 0 Å². The van der Waals surface area contributed by atoms with E-state index in [1.807, 2.05) is 32.0 Å². The second-order valence-electron chi connectivity index (χ2n) is 8.83. The van der Waals surface area contributed by atoms with Crippen molar-refractivity contribution >= 4 is 40.3 Å². The maximum atomic E-state index is 15.5. The van der Waals surface area contributed by atoms with E-state index in [0.717, 1.165) is 37.4 Å². The maximum absolute atomic E-state index is 15.5. The quantitative estimate of drug-likeness (QED) is 0.587. The van der Waals surface area contributed by atoms with Crippen molar-refractivity contribution in [2.24, 2.45) is 4.99 Å². The van der Waals surface area contributed by atoms with Crippen LogP contribution >= 0.6 is 0 Å². The highest BCUT2D eigenvalue weighted by Crippen LogP contribution is 2.36. The molecule has 0 atom stereocenters. The number of hydrogen-bond donors (Lipinski definition) is 2. The fourth-order valence-corrected chi connectivity index (χ4v) is 4.91. The number of nitrogens with one attached hydrogen (secondary N) is 2. The summed E-state index contributed by atoms with van der Waals surface area (Å²) in [6.07, 6.45) is 1.53. The maximum Gasteiger partial charge on any atom is 0.349 e. The number of anilines is 2. The van der Waals surface area contributed by atoms with E-state index in [1.54, 1.807) is 13.1 Å². The lowest BCUT2D eigenvalue weighted by Gasteiger charge is -2.37. The second-order valence-corrected chi connectivity index (χ2v) is 8.83. The third kappa shape index (κ3) is 4.03. The summed E-state index contributed by atoms with van der Waals surface area (Å²) in [5, 5.41) is 6.27. The fourth-order valence-electron chi connectivity index (χ4n) is 4.91. The van der Waals surface area contributed by atoms with Crippen molar-refractivity contribution < 1.29 is 9.18 Å². The summed E-state index contributed by atoms with van der Waals surface area (Å²) >= 11 is 0. The number of amides is 1. The average Bonchev–Trinajstić information content (AvgIpc) is 2.87. The molecule has 1 saturated heterocycles. The summed E-state index contributed by atoms with van der Waals surface area (Å²) in [4.78, 5) is 37.2. The number of carbonyl (C=O) groups excluding carboxylic acids is 1. The van der Waals surface area contributed by atoms with Gasteiger partial charge in [0.05, 0.1) is 17.4 Å². The zero-order valence-corrected chi connectivity index (χ0v) is 20.1. The zero-order valence-electron chi connectivity index (χ0n) is 20.1. The van der Waals surface area contributed by atoms with Crippen LogP contribution in [0.4, 0.5) is 21.6 Å². The third-order valence-corrected chi connectivity index (χ3v) is 6.75. The van der Waals surface area contributed by atoms with Crippen LogP contribution in [0.5, 0.6) is 0 Å². The molecule has 0 radical (unpaired) electrons. The van der Waals surface area contributed by atoms with Crippen LogP contribution in [0.2, 0.25) is 0 Å². The highest BCUT2D eigenvalue weighted by molar-refractivity contribution is 6.06. The second kappa shape index (κ2) is 9.10. The summed E-state index contributed by atoms with van der Waals surface area (Å²) in [5.41, 5.74) is 3.57. The van der Waals surface area contributed by atoms with Crippen molar-refractivity contribution in [3.05, 3.63) is 57.3 Å². The van der Waals surface area contributed by atoms with E-state index in [9.17, 15) is 9.59 Å². The summed E-state index contributed by atoms with van der Waals surface area (Å²) in [6.45, 7) is 7.77. The van der Waals surface area contributed by atoms with Crippen molar-refractivity contribution in [3.63, 3.8) is 0 Å². The van der Waals surface area contributed by atoms with Gasteiger partial charge in [0, 0.05) is 63.1 Å². The first-order chi connectivity index (χ1) is 16.9. The van der Waals surface area contributed by atoms with Gasteiger partial charge < -0.3 is 15.5 Å². The lowest BCUT2D eigenvalue weighted by Crippen LogP contribution is -2.46. The molecule has 0 aliphatic carbocycles. The Labute approximate surface area is 202 Å². The predicted octanol–water partition coefficient (Wildman–Crippen LogP) is 2.63. The molecule has 1 aromatic heterocycles. The number of carbonyl (C=O) groups is 1. The van der Waals surface area contributed by atoms with Crippen LogP contribution in [0.25, 0.3) is 10.9 Å². The van der Waals surface area contributed by atoms with Gasteiger partial charge in [0.1, 0.15) is 11.3 Å². The Balaban J connectivity index is 1.35. The van der Waals surface area contributed by atoms with Crippen LogP contribution in [-0.2, 0) is 13.1 Å². The number of benzene rings is 2. The van der Waals surface area contributed by atoms with Gasteiger partial charge in [-0.2, -0.15) is 4.98 Å². The molecule has 0 saturated carbocycles. The molecule has 1 amide bonds. The first-order valence-corrected chi connectivity index (χ1v) is 11.8. The first-order valence-electron chi connectivity index (χ1n) is 11.8.